The number of oxime groups is 1. The molecule has 0 aliphatic rings. The van der Waals surface area contributed by atoms with Crippen molar-refractivity contribution in [2.24, 2.45) is 16.0 Å². The van der Waals surface area contributed by atoms with Gasteiger partial charge in [0, 0.05) is 18.3 Å². The topological polar surface area (TPSA) is 161 Å². The Hall–Kier alpha value is -2.20. The van der Waals surface area contributed by atoms with Gasteiger partial charge in [0.2, 0.25) is 10.0 Å². The van der Waals surface area contributed by atoms with E-state index in [0.717, 1.165) is 0 Å². The van der Waals surface area contributed by atoms with E-state index < -0.39 is 15.9 Å². The van der Waals surface area contributed by atoms with Crippen LogP contribution in [0.2, 0.25) is 0 Å². The van der Waals surface area contributed by atoms with Gasteiger partial charge in [-0.3, -0.25) is 9.78 Å². The number of aromatic nitrogens is 1. The van der Waals surface area contributed by atoms with Crippen LogP contribution >= 0.6 is 0 Å². The fraction of sp³-hybridized carbons (Fsp3) is 0.300. The van der Waals surface area contributed by atoms with Gasteiger partial charge in [0.25, 0.3) is 5.91 Å². The molecule has 1 heterocycles. The molecule has 10 heteroatoms. The minimum Gasteiger partial charge on any atom is -0.409 e. The van der Waals surface area contributed by atoms with E-state index in [1.54, 1.807) is 0 Å². The van der Waals surface area contributed by atoms with Gasteiger partial charge in [0.15, 0.2) is 5.84 Å². The van der Waals surface area contributed by atoms with E-state index >= 15 is 0 Å². The van der Waals surface area contributed by atoms with E-state index in [1.165, 1.54) is 18.3 Å². The third-order valence-corrected chi connectivity index (χ3v) is 3.15. The number of amides is 1. The number of carbonyl (C=O) groups excluding carboxylic acids is 1. The number of pyridine rings is 1. The number of nitrogens with zero attached hydrogens (tertiary/aromatic N) is 2. The molecule has 0 fully saturated rings. The molecule has 9 nitrogen and oxygen atoms in total. The molecule has 1 rings (SSSR count). The maximum atomic E-state index is 11.7. The van der Waals surface area contributed by atoms with Crippen LogP contribution in [0.15, 0.2) is 23.5 Å². The third kappa shape index (κ3) is 5.20. The standard InChI is InChI=1S/C10H15N5O4S/c11-9(15-17)7-2-3-8(14-6-7)10(16)13-4-1-5-20(12,18)19/h2-3,6,17H,1,4-5H2,(H2,11,15)(H,13,16)(H2,12,18,19). The highest BCUT2D eigenvalue weighted by Gasteiger charge is 2.08. The van der Waals surface area contributed by atoms with E-state index in [4.69, 9.17) is 16.1 Å². The van der Waals surface area contributed by atoms with Crippen LogP contribution in [0.1, 0.15) is 22.5 Å². The SMILES string of the molecule is NC(=NO)c1ccc(C(=O)NCCCS(N)(=O)=O)nc1. The number of carbonyl (C=O) groups is 1. The maximum Gasteiger partial charge on any atom is 0.269 e. The number of hydrogen-bond acceptors (Lipinski definition) is 6. The summed E-state index contributed by atoms with van der Waals surface area (Å²) in [4.78, 5) is 15.5. The summed E-state index contributed by atoms with van der Waals surface area (Å²) in [5.41, 5.74) is 5.86. The van der Waals surface area contributed by atoms with E-state index in [1.807, 2.05) is 0 Å². The first-order valence-corrected chi connectivity index (χ1v) is 7.27. The van der Waals surface area contributed by atoms with Crippen LogP contribution in [-0.4, -0.2) is 42.6 Å². The first-order chi connectivity index (χ1) is 9.33. The molecule has 20 heavy (non-hydrogen) atoms. The molecule has 1 aromatic heterocycles. The molecule has 1 aromatic rings. The lowest BCUT2D eigenvalue weighted by atomic mass is 10.2. The first kappa shape index (κ1) is 15.9. The normalized spacial score (nSPS) is 12.2. The summed E-state index contributed by atoms with van der Waals surface area (Å²) in [6.07, 6.45) is 1.50. The van der Waals surface area contributed by atoms with E-state index in [0.29, 0.717) is 5.56 Å². The lowest BCUT2D eigenvalue weighted by Crippen LogP contribution is -2.28. The van der Waals surface area contributed by atoms with Gasteiger partial charge in [-0.15, -0.1) is 0 Å². The van der Waals surface area contributed by atoms with Gasteiger partial charge in [0.05, 0.1) is 5.75 Å². The number of primary sulfonamides is 1. The second-order valence-corrected chi connectivity index (χ2v) is 5.63. The Morgan fingerprint density at radius 2 is 2.15 bits per heavy atom. The lowest BCUT2D eigenvalue weighted by molar-refractivity contribution is 0.0948. The Morgan fingerprint density at radius 3 is 2.65 bits per heavy atom. The lowest BCUT2D eigenvalue weighted by Gasteiger charge is -2.04. The van der Waals surface area contributed by atoms with Gasteiger partial charge in [0.1, 0.15) is 5.69 Å². The van der Waals surface area contributed by atoms with Crippen LogP contribution in [0.25, 0.3) is 0 Å². The highest BCUT2D eigenvalue weighted by Crippen LogP contribution is 2.00. The van der Waals surface area contributed by atoms with Gasteiger partial charge in [-0.25, -0.2) is 13.6 Å². The Balaban J connectivity index is 2.52. The average molecular weight is 301 g/mol. The van der Waals surface area contributed by atoms with Crippen molar-refractivity contribution in [3.05, 3.63) is 29.6 Å². The predicted molar refractivity (Wildman–Crippen MR) is 71.7 cm³/mol. The van der Waals surface area contributed by atoms with Crippen LogP contribution in [0, 0.1) is 0 Å². The monoisotopic (exact) mass is 301 g/mol. The molecule has 0 bridgehead atoms. The summed E-state index contributed by atoms with van der Waals surface area (Å²) < 4.78 is 21.4. The zero-order chi connectivity index (χ0) is 15.2. The summed E-state index contributed by atoms with van der Waals surface area (Å²) in [6.45, 7) is 0.166. The summed E-state index contributed by atoms with van der Waals surface area (Å²) in [7, 11) is -3.52. The molecule has 0 saturated heterocycles. The molecule has 0 saturated carbocycles. The van der Waals surface area contributed by atoms with Crippen molar-refractivity contribution < 1.29 is 18.4 Å². The van der Waals surface area contributed by atoms with Crippen molar-refractivity contribution in [2.45, 2.75) is 6.42 Å². The predicted octanol–water partition coefficient (Wildman–Crippen LogP) is -1.42. The molecule has 0 unspecified atom stereocenters. The van der Waals surface area contributed by atoms with Gasteiger partial charge in [-0.1, -0.05) is 5.16 Å². The highest BCUT2D eigenvalue weighted by atomic mass is 32.2. The Kier molecular flexibility index (Phi) is 5.41. The molecular formula is C10H15N5O4S. The molecule has 0 aliphatic heterocycles. The van der Waals surface area contributed by atoms with Gasteiger partial charge in [-0.2, -0.15) is 0 Å². The second kappa shape index (κ2) is 6.82. The van der Waals surface area contributed by atoms with Crippen molar-refractivity contribution in [2.75, 3.05) is 12.3 Å². The quantitative estimate of drug-likeness (QED) is 0.166. The number of amidine groups is 1. The Labute approximate surface area is 115 Å². The van der Waals surface area contributed by atoms with E-state index in [2.05, 4.69) is 15.5 Å². The zero-order valence-corrected chi connectivity index (χ0v) is 11.3. The molecule has 0 aromatic carbocycles. The van der Waals surface area contributed by atoms with Gasteiger partial charge >= 0.3 is 0 Å². The zero-order valence-electron chi connectivity index (χ0n) is 10.5. The molecule has 6 N–H and O–H groups in total. The van der Waals surface area contributed by atoms with Crippen molar-refractivity contribution in [1.29, 1.82) is 0 Å². The van der Waals surface area contributed by atoms with Crippen LogP contribution in [0.5, 0.6) is 0 Å². The Bertz CT molecular complexity index is 597. The summed E-state index contributed by atoms with van der Waals surface area (Å²) in [6, 6.07) is 2.88. The van der Waals surface area contributed by atoms with E-state index in [9.17, 15) is 13.2 Å². The fourth-order valence-corrected chi connectivity index (χ4v) is 1.85. The Morgan fingerprint density at radius 1 is 1.45 bits per heavy atom. The summed E-state index contributed by atoms with van der Waals surface area (Å²) in [5, 5.41) is 18.6. The number of nitrogens with one attached hydrogen (secondary N) is 1. The van der Waals surface area contributed by atoms with Crippen LogP contribution in [0.4, 0.5) is 0 Å². The van der Waals surface area contributed by atoms with E-state index in [-0.39, 0.29) is 30.2 Å². The number of nitrogens with two attached hydrogens (primary N) is 2. The fourth-order valence-electron chi connectivity index (χ4n) is 1.30. The van der Waals surface area contributed by atoms with Crippen molar-refractivity contribution >= 4 is 21.8 Å². The van der Waals surface area contributed by atoms with Gasteiger partial charge < -0.3 is 16.3 Å². The number of rotatable bonds is 6. The smallest absolute Gasteiger partial charge is 0.269 e. The van der Waals surface area contributed by atoms with Gasteiger partial charge in [-0.05, 0) is 18.6 Å². The largest absolute Gasteiger partial charge is 0.409 e. The number of sulfonamides is 1. The molecule has 0 aliphatic carbocycles. The first-order valence-electron chi connectivity index (χ1n) is 5.56. The third-order valence-electron chi connectivity index (χ3n) is 2.29. The molecule has 1 amide bonds. The van der Waals surface area contributed by atoms with Crippen molar-refractivity contribution in [3.63, 3.8) is 0 Å². The molecule has 0 spiro atoms. The van der Waals surface area contributed by atoms with Crippen LogP contribution < -0.4 is 16.2 Å². The summed E-state index contributed by atoms with van der Waals surface area (Å²) in [5.74, 6) is -0.772. The average Bonchev–Trinajstić information content (AvgIpc) is 2.41. The van der Waals surface area contributed by atoms with Crippen molar-refractivity contribution in [1.82, 2.24) is 10.3 Å². The van der Waals surface area contributed by atoms with Crippen molar-refractivity contribution in [3.8, 4) is 0 Å². The van der Waals surface area contributed by atoms with Crippen LogP contribution in [0.3, 0.4) is 0 Å². The highest BCUT2D eigenvalue weighted by molar-refractivity contribution is 7.89. The van der Waals surface area contributed by atoms with Crippen LogP contribution in [-0.2, 0) is 10.0 Å². The number of hydrogen-bond donors (Lipinski definition) is 4. The minimum atomic E-state index is -3.52. The molecule has 0 atom stereocenters. The molecular weight excluding hydrogens is 286 g/mol. The summed E-state index contributed by atoms with van der Waals surface area (Å²) >= 11 is 0. The maximum absolute atomic E-state index is 11.7. The molecule has 0 radical (unpaired) electrons. The molecule has 110 valence electrons. The second-order valence-electron chi connectivity index (χ2n) is 3.89. The minimum absolute atomic E-state index is 0.113.